The Morgan fingerprint density at radius 3 is 1.77 bits per heavy atom. The molecule has 1 aliphatic carbocycles. The summed E-state index contributed by atoms with van der Waals surface area (Å²) in [6.45, 7) is 5.34. The van der Waals surface area contributed by atoms with Gasteiger partial charge in [-0.2, -0.15) is 0 Å². The van der Waals surface area contributed by atoms with Crippen LogP contribution in [-0.2, 0) is 0 Å². The molecule has 1 N–H and O–H groups in total. The van der Waals surface area contributed by atoms with Crippen molar-refractivity contribution in [3.05, 3.63) is 0 Å². The molecule has 0 aromatic heterocycles. The highest BCUT2D eigenvalue weighted by molar-refractivity contribution is 4.72. The van der Waals surface area contributed by atoms with Gasteiger partial charge >= 0.3 is 0 Å². The molecule has 2 nitrogen and oxygen atoms in total. The lowest BCUT2D eigenvalue weighted by molar-refractivity contribution is 0.398. The fourth-order valence-electron chi connectivity index (χ4n) is 3.78. The van der Waals surface area contributed by atoms with Crippen LogP contribution in [0.3, 0.4) is 0 Å². The van der Waals surface area contributed by atoms with Crippen LogP contribution in [0.1, 0.15) is 96.3 Å². The minimum absolute atomic E-state index is 0.817. The van der Waals surface area contributed by atoms with Crippen molar-refractivity contribution in [2.45, 2.75) is 102 Å². The number of nitrogens with one attached hydrogen (secondary N) is 1. The standard InChI is InChI=1S/C20H40N2/c1-2-4-6-10-14-20(15-11-7-5-3-1)21-16-12-8-9-13-17-22-18-19-22/h20-21H,1-19H2. The third kappa shape index (κ3) is 9.84. The molecule has 0 radical (unpaired) electrons. The summed E-state index contributed by atoms with van der Waals surface area (Å²) in [4.78, 5) is 2.54. The van der Waals surface area contributed by atoms with Crippen LogP contribution in [0, 0.1) is 0 Å². The summed E-state index contributed by atoms with van der Waals surface area (Å²) in [5.74, 6) is 0. The van der Waals surface area contributed by atoms with Crippen LogP contribution in [0.5, 0.6) is 0 Å². The van der Waals surface area contributed by atoms with E-state index in [1.54, 1.807) is 0 Å². The fraction of sp³-hybridized carbons (Fsp3) is 1.00. The van der Waals surface area contributed by atoms with E-state index in [1.807, 2.05) is 0 Å². The first-order chi connectivity index (χ1) is 10.9. The summed E-state index contributed by atoms with van der Waals surface area (Å²) >= 11 is 0. The Balaban J connectivity index is 1.46. The van der Waals surface area contributed by atoms with E-state index < -0.39 is 0 Å². The molecule has 1 heterocycles. The van der Waals surface area contributed by atoms with Gasteiger partial charge in [-0.15, -0.1) is 0 Å². The molecular formula is C20H40N2. The molecule has 0 amide bonds. The Morgan fingerprint density at radius 2 is 1.18 bits per heavy atom. The van der Waals surface area contributed by atoms with Crippen molar-refractivity contribution in [1.82, 2.24) is 10.2 Å². The number of nitrogens with zero attached hydrogens (tertiary/aromatic N) is 1. The zero-order chi connectivity index (χ0) is 15.3. The number of rotatable bonds is 8. The lowest BCUT2D eigenvalue weighted by atomic mass is 9.98. The van der Waals surface area contributed by atoms with E-state index in [2.05, 4.69) is 10.2 Å². The Morgan fingerprint density at radius 1 is 0.636 bits per heavy atom. The van der Waals surface area contributed by atoms with Gasteiger partial charge in [0.1, 0.15) is 0 Å². The van der Waals surface area contributed by atoms with Gasteiger partial charge in [-0.1, -0.05) is 70.6 Å². The van der Waals surface area contributed by atoms with Crippen molar-refractivity contribution >= 4 is 0 Å². The average Bonchev–Trinajstić information content (AvgIpc) is 3.32. The van der Waals surface area contributed by atoms with E-state index in [0.717, 1.165) is 6.04 Å². The lowest BCUT2D eigenvalue weighted by Crippen LogP contribution is -2.30. The minimum atomic E-state index is 0.817. The molecular weight excluding hydrogens is 268 g/mol. The highest BCUT2D eigenvalue weighted by Gasteiger charge is 2.15. The first-order valence-corrected chi connectivity index (χ1v) is 10.4. The summed E-state index contributed by atoms with van der Waals surface area (Å²) in [6, 6.07) is 0.817. The highest BCUT2D eigenvalue weighted by Crippen LogP contribution is 2.17. The Kier molecular flexibility index (Phi) is 10.3. The second-order valence-corrected chi connectivity index (χ2v) is 7.67. The van der Waals surface area contributed by atoms with E-state index >= 15 is 0 Å². The predicted molar refractivity (Wildman–Crippen MR) is 97.5 cm³/mol. The van der Waals surface area contributed by atoms with Gasteiger partial charge in [0.05, 0.1) is 0 Å². The molecule has 2 rings (SSSR count). The molecule has 0 unspecified atom stereocenters. The van der Waals surface area contributed by atoms with Crippen LogP contribution in [-0.4, -0.2) is 37.1 Å². The quantitative estimate of drug-likeness (QED) is 0.494. The van der Waals surface area contributed by atoms with Crippen molar-refractivity contribution in [1.29, 1.82) is 0 Å². The van der Waals surface area contributed by atoms with Gasteiger partial charge in [0.2, 0.25) is 0 Å². The summed E-state index contributed by atoms with van der Waals surface area (Å²) < 4.78 is 0. The second-order valence-electron chi connectivity index (χ2n) is 7.67. The summed E-state index contributed by atoms with van der Waals surface area (Å²) in [5.41, 5.74) is 0. The summed E-state index contributed by atoms with van der Waals surface area (Å²) in [7, 11) is 0. The van der Waals surface area contributed by atoms with Crippen LogP contribution in [0.15, 0.2) is 0 Å². The van der Waals surface area contributed by atoms with Crippen molar-refractivity contribution in [2.75, 3.05) is 26.2 Å². The van der Waals surface area contributed by atoms with Crippen LogP contribution >= 0.6 is 0 Å². The summed E-state index contributed by atoms with van der Waals surface area (Å²) in [6.07, 6.45) is 21.8. The number of hydrogen-bond acceptors (Lipinski definition) is 2. The van der Waals surface area contributed by atoms with Crippen LogP contribution in [0.4, 0.5) is 0 Å². The molecule has 1 aliphatic heterocycles. The van der Waals surface area contributed by atoms with E-state index in [0.29, 0.717) is 0 Å². The van der Waals surface area contributed by atoms with Gasteiger partial charge in [-0.05, 0) is 38.8 Å². The second kappa shape index (κ2) is 12.4. The fourth-order valence-corrected chi connectivity index (χ4v) is 3.78. The van der Waals surface area contributed by atoms with Crippen LogP contribution < -0.4 is 5.32 Å². The zero-order valence-electron chi connectivity index (χ0n) is 15.0. The maximum atomic E-state index is 3.88. The molecule has 0 atom stereocenters. The van der Waals surface area contributed by atoms with Gasteiger partial charge in [0.25, 0.3) is 0 Å². The van der Waals surface area contributed by atoms with Gasteiger partial charge in [-0.3, -0.25) is 0 Å². The average molecular weight is 309 g/mol. The van der Waals surface area contributed by atoms with Gasteiger partial charge in [-0.25, -0.2) is 0 Å². The molecule has 1 saturated carbocycles. The Labute approximate surface area is 139 Å². The smallest absolute Gasteiger partial charge is 0.0110 e. The molecule has 2 heteroatoms. The number of unbranched alkanes of at least 4 members (excludes halogenated alkanes) is 3. The van der Waals surface area contributed by atoms with Crippen molar-refractivity contribution in [2.24, 2.45) is 0 Å². The molecule has 0 bridgehead atoms. The van der Waals surface area contributed by atoms with Crippen molar-refractivity contribution < 1.29 is 0 Å². The van der Waals surface area contributed by atoms with E-state index in [4.69, 9.17) is 0 Å². The largest absolute Gasteiger partial charge is 0.314 e. The predicted octanol–water partition coefficient (Wildman–Crippen LogP) is 5.13. The van der Waals surface area contributed by atoms with Gasteiger partial charge < -0.3 is 10.2 Å². The normalized spacial score (nSPS) is 22.9. The molecule has 130 valence electrons. The van der Waals surface area contributed by atoms with Gasteiger partial charge in [0.15, 0.2) is 0 Å². The molecule has 0 spiro atoms. The maximum absolute atomic E-state index is 3.88. The van der Waals surface area contributed by atoms with E-state index in [9.17, 15) is 0 Å². The SMILES string of the molecule is C1CCCCCC(NCCCCCCN2CC2)CCCCC1. The third-order valence-electron chi connectivity index (χ3n) is 5.48. The molecule has 2 fully saturated rings. The Hall–Kier alpha value is -0.0800. The molecule has 0 aromatic carbocycles. The van der Waals surface area contributed by atoms with E-state index in [-0.39, 0.29) is 0 Å². The number of hydrogen-bond donors (Lipinski definition) is 1. The maximum Gasteiger partial charge on any atom is 0.0110 e. The first kappa shape index (κ1) is 18.3. The van der Waals surface area contributed by atoms with Crippen molar-refractivity contribution in [3.8, 4) is 0 Å². The lowest BCUT2D eigenvalue weighted by Gasteiger charge is -2.19. The molecule has 0 aromatic rings. The molecule has 2 aliphatic rings. The highest BCUT2D eigenvalue weighted by atomic mass is 15.2. The minimum Gasteiger partial charge on any atom is -0.314 e. The molecule has 1 saturated heterocycles. The van der Waals surface area contributed by atoms with Gasteiger partial charge in [0, 0.05) is 19.1 Å². The monoisotopic (exact) mass is 308 g/mol. The summed E-state index contributed by atoms with van der Waals surface area (Å²) in [5, 5.41) is 3.88. The van der Waals surface area contributed by atoms with Crippen LogP contribution in [0.25, 0.3) is 0 Å². The van der Waals surface area contributed by atoms with Crippen LogP contribution in [0.2, 0.25) is 0 Å². The third-order valence-corrected chi connectivity index (χ3v) is 5.48. The topological polar surface area (TPSA) is 15.0 Å². The van der Waals surface area contributed by atoms with Crippen molar-refractivity contribution in [3.63, 3.8) is 0 Å². The van der Waals surface area contributed by atoms with E-state index in [1.165, 1.54) is 122 Å². The molecule has 22 heavy (non-hydrogen) atoms. The zero-order valence-corrected chi connectivity index (χ0v) is 15.0. The Bertz CT molecular complexity index is 238. The first-order valence-electron chi connectivity index (χ1n) is 10.4.